The van der Waals surface area contributed by atoms with Crippen molar-refractivity contribution in [2.75, 3.05) is 0 Å². The molecule has 136 valence electrons. The Morgan fingerprint density at radius 1 is 1.19 bits per heavy atom. The highest BCUT2D eigenvalue weighted by Crippen LogP contribution is 2.30. The number of hydrogen-bond acceptors (Lipinski definition) is 5. The van der Waals surface area contributed by atoms with Crippen LogP contribution in [0.4, 0.5) is 0 Å². The number of nitrogens with zero attached hydrogens (tertiary/aromatic N) is 3. The van der Waals surface area contributed by atoms with Gasteiger partial charge in [-0.3, -0.25) is 4.79 Å². The third kappa shape index (κ3) is 3.36. The van der Waals surface area contributed by atoms with Crippen LogP contribution < -0.4 is 5.56 Å². The van der Waals surface area contributed by atoms with Gasteiger partial charge in [0.05, 0.1) is 17.9 Å². The first-order valence-corrected chi connectivity index (χ1v) is 9.49. The van der Waals surface area contributed by atoms with Crippen LogP contribution in [0.15, 0.2) is 68.7 Å². The van der Waals surface area contributed by atoms with Gasteiger partial charge >= 0.3 is 0 Å². The summed E-state index contributed by atoms with van der Waals surface area (Å²) in [6.45, 7) is 6.52. The molecule has 0 aliphatic carbocycles. The van der Waals surface area contributed by atoms with Crippen LogP contribution in [0.3, 0.4) is 0 Å². The van der Waals surface area contributed by atoms with E-state index in [4.69, 9.17) is 4.42 Å². The van der Waals surface area contributed by atoms with Gasteiger partial charge in [0, 0.05) is 10.9 Å². The molecule has 0 radical (unpaired) electrons. The molecule has 4 aromatic rings. The fourth-order valence-corrected chi connectivity index (χ4v) is 3.70. The van der Waals surface area contributed by atoms with E-state index in [1.54, 1.807) is 18.5 Å². The van der Waals surface area contributed by atoms with E-state index in [0.29, 0.717) is 16.0 Å². The molecule has 5 nitrogen and oxygen atoms in total. The highest BCUT2D eigenvalue weighted by Gasteiger charge is 2.15. The van der Waals surface area contributed by atoms with E-state index in [2.05, 4.69) is 43.0 Å². The maximum atomic E-state index is 12.9. The predicted octanol–water partition coefficient (Wildman–Crippen LogP) is 4.90. The lowest BCUT2D eigenvalue weighted by atomic mass is 9.87. The van der Waals surface area contributed by atoms with Gasteiger partial charge in [-0.1, -0.05) is 45.0 Å². The van der Waals surface area contributed by atoms with Crippen LogP contribution in [0, 0.1) is 0 Å². The lowest BCUT2D eigenvalue weighted by molar-refractivity contribution is 0.583. The molecule has 3 aromatic heterocycles. The van der Waals surface area contributed by atoms with E-state index in [9.17, 15) is 4.79 Å². The second-order valence-electron chi connectivity index (χ2n) is 7.32. The Kier molecular flexibility index (Phi) is 4.28. The molecule has 0 bridgehead atoms. The maximum Gasteiger partial charge on any atom is 0.283 e. The zero-order chi connectivity index (χ0) is 19.0. The summed E-state index contributed by atoms with van der Waals surface area (Å²) in [6.07, 6.45) is 4.71. The van der Waals surface area contributed by atoms with Crippen molar-refractivity contribution in [3.8, 4) is 11.3 Å². The lowest BCUT2D eigenvalue weighted by Gasteiger charge is -2.18. The van der Waals surface area contributed by atoms with Crippen molar-refractivity contribution < 1.29 is 4.42 Å². The molecule has 0 N–H and O–H groups in total. The average Bonchev–Trinajstić information content (AvgIpc) is 3.30. The molecular weight excluding hydrogens is 358 g/mol. The van der Waals surface area contributed by atoms with Crippen molar-refractivity contribution in [2.24, 2.45) is 5.10 Å². The van der Waals surface area contributed by atoms with Crippen LogP contribution in [0.2, 0.25) is 0 Å². The molecule has 0 spiro atoms. The average molecular weight is 377 g/mol. The molecule has 0 aliphatic heterocycles. The van der Waals surface area contributed by atoms with Gasteiger partial charge in [0.2, 0.25) is 0 Å². The van der Waals surface area contributed by atoms with Crippen LogP contribution in [-0.2, 0) is 5.41 Å². The minimum absolute atomic E-state index is 0.1000. The molecule has 1 aromatic carbocycles. The lowest BCUT2D eigenvalue weighted by Crippen LogP contribution is -2.16. The van der Waals surface area contributed by atoms with Gasteiger partial charge in [-0.15, -0.1) is 11.3 Å². The largest absolute Gasteiger partial charge is 0.464 e. The molecule has 0 atom stereocenters. The summed E-state index contributed by atoms with van der Waals surface area (Å²) in [7, 11) is 0. The number of hydrogen-bond donors (Lipinski definition) is 0. The summed E-state index contributed by atoms with van der Waals surface area (Å²) in [4.78, 5) is 17.9. The number of rotatable bonds is 3. The van der Waals surface area contributed by atoms with E-state index in [-0.39, 0.29) is 11.0 Å². The molecule has 0 saturated carbocycles. The molecule has 0 saturated heterocycles. The number of fused-ring (bicyclic) bond motifs is 1. The quantitative estimate of drug-likeness (QED) is 0.477. The van der Waals surface area contributed by atoms with E-state index in [0.717, 1.165) is 11.1 Å². The zero-order valence-electron chi connectivity index (χ0n) is 15.3. The van der Waals surface area contributed by atoms with Crippen molar-refractivity contribution in [1.29, 1.82) is 0 Å². The van der Waals surface area contributed by atoms with Crippen LogP contribution >= 0.6 is 11.3 Å². The van der Waals surface area contributed by atoms with Crippen molar-refractivity contribution in [1.82, 2.24) is 9.66 Å². The Morgan fingerprint density at radius 2 is 1.96 bits per heavy atom. The smallest absolute Gasteiger partial charge is 0.283 e. The topological polar surface area (TPSA) is 60.4 Å². The standard InChI is InChI=1S/C21H19N3O2S/c1-21(2,3)15-8-6-14(7-9-15)11-23-24-13-22-19-18(20(24)25)16(12-27-19)17-5-4-10-26-17/h4-13H,1-3H3/b23-11-. The minimum Gasteiger partial charge on any atom is -0.464 e. The molecule has 0 fully saturated rings. The fourth-order valence-electron chi connectivity index (χ4n) is 2.82. The summed E-state index contributed by atoms with van der Waals surface area (Å²) in [5.74, 6) is 0.652. The summed E-state index contributed by atoms with van der Waals surface area (Å²) < 4.78 is 6.70. The highest BCUT2D eigenvalue weighted by atomic mass is 32.1. The third-order valence-electron chi connectivity index (χ3n) is 4.37. The normalized spacial score (nSPS) is 12.3. The van der Waals surface area contributed by atoms with Gasteiger partial charge in [-0.05, 0) is 28.7 Å². The molecular formula is C21H19N3O2S. The number of thiophene rings is 1. The van der Waals surface area contributed by atoms with Gasteiger partial charge < -0.3 is 4.42 Å². The first-order valence-electron chi connectivity index (χ1n) is 8.61. The first-order chi connectivity index (χ1) is 12.9. The Morgan fingerprint density at radius 3 is 2.63 bits per heavy atom. The number of benzene rings is 1. The molecule has 3 heterocycles. The minimum atomic E-state index is -0.213. The Bertz CT molecular complexity index is 1160. The van der Waals surface area contributed by atoms with Gasteiger partial charge in [0.1, 0.15) is 16.9 Å². The van der Waals surface area contributed by atoms with Crippen LogP contribution in [0.25, 0.3) is 21.5 Å². The van der Waals surface area contributed by atoms with E-state index < -0.39 is 0 Å². The second-order valence-corrected chi connectivity index (χ2v) is 8.18. The summed E-state index contributed by atoms with van der Waals surface area (Å²) in [5.41, 5.74) is 2.81. The van der Waals surface area contributed by atoms with Crippen molar-refractivity contribution in [2.45, 2.75) is 26.2 Å². The van der Waals surface area contributed by atoms with E-state index in [1.807, 2.05) is 23.6 Å². The number of aromatic nitrogens is 2. The summed E-state index contributed by atoms with van der Waals surface area (Å²) in [5, 5.41) is 6.72. The van der Waals surface area contributed by atoms with E-state index >= 15 is 0 Å². The Hall–Kier alpha value is -2.99. The first kappa shape index (κ1) is 17.4. The maximum absolute atomic E-state index is 12.9. The predicted molar refractivity (Wildman–Crippen MR) is 110 cm³/mol. The van der Waals surface area contributed by atoms with Crippen LogP contribution in [0.5, 0.6) is 0 Å². The van der Waals surface area contributed by atoms with Crippen LogP contribution in [-0.4, -0.2) is 15.9 Å². The number of furan rings is 1. The SMILES string of the molecule is CC(C)(C)c1ccc(/C=N\n2cnc3scc(-c4ccco4)c3c2=O)cc1. The Labute approximate surface area is 160 Å². The van der Waals surface area contributed by atoms with Gasteiger partial charge in [-0.25, -0.2) is 4.98 Å². The molecule has 4 rings (SSSR count). The van der Waals surface area contributed by atoms with Crippen molar-refractivity contribution in [3.05, 3.63) is 75.8 Å². The van der Waals surface area contributed by atoms with Crippen molar-refractivity contribution >= 4 is 27.8 Å². The monoisotopic (exact) mass is 377 g/mol. The van der Waals surface area contributed by atoms with Crippen LogP contribution in [0.1, 0.15) is 31.9 Å². The summed E-state index contributed by atoms with van der Waals surface area (Å²) in [6, 6.07) is 11.8. The highest BCUT2D eigenvalue weighted by molar-refractivity contribution is 7.17. The van der Waals surface area contributed by atoms with Gasteiger partial charge in [0.25, 0.3) is 5.56 Å². The molecule has 0 unspecified atom stereocenters. The molecule has 6 heteroatoms. The summed E-state index contributed by atoms with van der Waals surface area (Å²) >= 11 is 1.42. The molecule has 27 heavy (non-hydrogen) atoms. The molecule has 0 amide bonds. The van der Waals surface area contributed by atoms with E-state index in [1.165, 1.54) is 27.9 Å². The Balaban J connectivity index is 1.70. The van der Waals surface area contributed by atoms with Gasteiger partial charge in [-0.2, -0.15) is 9.78 Å². The second kappa shape index (κ2) is 6.63. The van der Waals surface area contributed by atoms with Gasteiger partial charge in [0.15, 0.2) is 0 Å². The fraction of sp³-hybridized carbons (Fsp3) is 0.190. The zero-order valence-corrected chi connectivity index (χ0v) is 16.2. The van der Waals surface area contributed by atoms with Crippen molar-refractivity contribution in [3.63, 3.8) is 0 Å². The molecule has 0 aliphatic rings. The third-order valence-corrected chi connectivity index (χ3v) is 5.26.